The molecule has 2 aromatic rings. The van der Waals surface area contributed by atoms with Gasteiger partial charge in [0.25, 0.3) is 0 Å². The number of carbonyl (C=O) groups excluding carboxylic acids is 1. The van der Waals surface area contributed by atoms with Gasteiger partial charge in [-0.15, -0.1) is 11.3 Å². The summed E-state index contributed by atoms with van der Waals surface area (Å²) in [6, 6.07) is 13.7. The summed E-state index contributed by atoms with van der Waals surface area (Å²) in [5, 5.41) is 2.74. The minimum absolute atomic E-state index is 0.126. The van der Waals surface area contributed by atoms with Crippen LogP contribution in [0.2, 0.25) is 0 Å². The van der Waals surface area contributed by atoms with E-state index in [-0.39, 0.29) is 5.91 Å². The van der Waals surface area contributed by atoms with Crippen molar-refractivity contribution in [3.8, 4) is 11.8 Å². The van der Waals surface area contributed by atoms with Gasteiger partial charge in [-0.1, -0.05) is 30.0 Å². The number of hydrogen-bond acceptors (Lipinski definition) is 2. The molecule has 0 saturated heterocycles. The van der Waals surface area contributed by atoms with E-state index in [9.17, 15) is 4.79 Å². The summed E-state index contributed by atoms with van der Waals surface area (Å²) in [7, 11) is 0. The van der Waals surface area contributed by atoms with Crippen molar-refractivity contribution in [1.29, 1.82) is 0 Å². The first kappa shape index (κ1) is 14.1. The highest BCUT2D eigenvalue weighted by Gasteiger charge is 1.94. The van der Waals surface area contributed by atoms with E-state index in [1.165, 1.54) is 11.0 Å². The number of benzene rings is 1. The van der Waals surface area contributed by atoms with Gasteiger partial charge >= 0.3 is 0 Å². The number of amides is 1. The van der Waals surface area contributed by atoms with E-state index in [0.717, 1.165) is 10.4 Å². The fourth-order valence-corrected chi connectivity index (χ4v) is 2.34. The first-order valence-electron chi connectivity index (χ1n) is 6.30. The van der Waals surface area contributed by atoms with E-state index in [1.54, 1.807) is 11.3 Å². The number of hydrogen-bond donors (Lipinski definition) is 1. The van der Waals surface area contributed by atoms with Crippen LogP contribution in [0.5, 0.6) is 0 Å². The summed E-state index contributed by atoms with van der Waals surface area (Å²) in [4.78, 5) is 13.9. The van der Waals surface area contributed by atoms with Crippen molar-refractivity contribution in [2.45, 2.75) is 6.92 Å². The molecule has 1 amide bonds. The van der Waals surface area contributed by atoms with Gasteiger partial charge in [-0.25, -0.2) is 0 Å². The molecule has 2 nitrogen and oxygen atoms in total. The SMILES string of the molecule is Cc1ccc(/C=C/C(=O)NCC#Cc2ccccc2)s1. The molecular weight excluding hydrogens is 266 g/mol. The van der Waals surface area contributed by atoms with Crippen LogP contribution in [-0.2, 0) is 4.79 Å². The standard InChI is InChI=1S/C17H15NOS/c1-14-9-10-16(20-14)11-12-17(19)18-13-5-8-15-6-3-2-4-7-15/h2-4,6-7,9-12H,13H2,1H3,(H,18,19)/b12-11+. The molecule has 1 aromatic heterocycles. The van der Waals surface area contributed by atoms with Gasteiger partial charge < -0.3 is 5.32 Å². The summed E-state index contributed by atoms with van der Waals surface area (Å²) in [5.41, 5.74) is 0.950. The van der Waals surface area contributed by atoms with Crippen LogP contribution in [0, 0.1) is 18.8 Å². The molecule has 0 bridgehead atoms. The van der Waals surface area contributed by atoms with Crippen molar-refractivity contribution in [3.63, 3.8) is 0 Å². The molecule has 2 rings (SSSR count). The van der Waals surface area contributed by atoms with Crippen LogP contribution >= 0.6 is 11.3 Å². The van der Waals surface area contributed by atoms with Crippen LogP contribution in [0.1, 0.15) is 15.3 Å². The van der Waals surface area contributed by atoms with Crippen molar-refractivity contribution < 1.29 is 4.79 Å². The summed E-state index contributed by atoms with van der Waals surface area (Å²) in [6.07, 6.45) is 3.35. The number of nitrogens with one attached hydrogen (secondary N) is 1. The van der Waals surface area contributed by atoms with Gasteiger partial charge in [0.05, 0.1) is 6.54 Å². The molecule has 0 fully saturated rings. The van der Waals surface area contributed by atoms with Gasteiger partial charge in [0.2, 0.25) is 5.91 Å². The molecular formula is C17H15NOS. The Labute approximate surface area is 123 Å². The van der Waals surface area contributed by atoms with E-state index < -0.39 is 0 Å². The number of aryl methyl sites for hydroxylation is 1. The Morgan fingerprint density at radius 1 is 1.25 bits per heavy atom. The molecule has 3 heteroatoms. The second-order valence-corrected chi connectivity index (χ2v) is 5.49. The average molecular weight is 281 g/mol. The molecule has 1 heterocycles. The van der Waals surface area contributed by atoms with E-state index in [4.69, 9.17) is 0 Å². The lowest BCUT2D eigenvalue weighted by Crippen LogP contribution is -2.20. The fraction of sp³-hybridized carbons (Fsp3) is 0.118. The molecule has 0 unspecified atom stereocenters. The first-order valence-corrected chi connectivity index (χ1v) is 7.12. The third kappa shape index (κ3) is 4.75. The maximum absolute atomic E-state index is 11.6. The fourth-order valence-electron chi connectivity index (χ4n) is 1.56. The third-order valence-corrected chi connectivity index (χ3v) is 3.48. The predicted octanol–water partition coefficient (Wildman–Crippen LogP) is 3.24. The molecule has 0 radical (unpaired) electrons. The minimum Gasteiger partial charge on any atom is -0.342 e. The largest absolute Gasteiger partial charge is 0.342 e. The number of thiophene rings is 1. The smallest absolute Gasteiger partial charge is 0.244 e. The zero-order chi connectivity index (χ0) is 14.2. The maximum atomic E-state index is 11.6. The Morgan fingerprint density at radius 2 is 2.05 bits per heavy atom. The van der Waals surface area contributed by atoms with Crippen LogP contribution in [0.4, 0.5) is 0 Å². The van der Waals surface area contributed by atoms with Crippen molar-refractivity contribution in [2.24, 2.45) is 0 Å². The highest BCUT2D eigenvalue weighted by Crippen LogP contribution is 2.16. The summed E-state index contributed by atoms with van der Waals surface area (Å²) < 4.78 is 0. The second-order valence-electron chi connectivity index (χ2n) is 4.17. The first-order chi connectivity index (χ1) is 9.74. The van der Waals surface area contributed by atoms with Crippen LogP contribution in [0.3, 0.4) is 0 Å². The molecule has 1 aromatic carbocycles. The second kappa shape index (κ2) is 7.32. The Balaban J connectivity index is 1.78. The monoisotopic (exact) mass is 281 g/mol. The zero-order valence-corrected chi connectivity index (χ0v) is 12.0. The quantitative estimate of drug-likeness (QED) is 0.679. The molecule has 0 saturated carbocycles. The zero-order valence-electron chi connectivity index (χ0n) is 11.2. The molecule has 0 aliphatic heterocycles. The van der Waals surface area contributed by atoms with Gasteiger partial charge in [0.1, 0.15) is 0 Å². The lowest BCUT2D eigenvalue weighted by molar-refractivity contribution is -0.116. The van der Waals surface area contributed by atoms with Crippen LogP contribution in [-0.4, -0.2) is 12.5 Å². The van der Waals surface area contributed by atoms with Gasteiger partial charge in [-0.05, 0) is 37.3 Å². The summed E-state index contributed by atoms with van der Waals surface area (Å²) in [6.45, 7) is 2.39. The Bertz CT molecular complexity index is 659. The van der Waals surface area contributed by atoms with Crippen molar-refractivity contribution in [1.82, 2.24) is 5.32 Å². The van der Waals surface area contributed by atoms with Crippen molar-refractivity contribution >= 4 is 23.3 Å². The molecule has 0 aliphatic rings. The number of rotatable bonds is 3. The van der Waals surface area contributed by atoms with Gasteiger partial charge in [0, 0.05) is 21.4 Å². The average Bonchev–Trinajstić information content (AvgIpc) is 2.88. The Kier molecular flexibility index (Phi) is 5.16. The van der Waals surface area contributed by atoms with Gasteiger partial charge in [-0.2, -0.15) is 0 Å². The molecule has 1 N–H and O–H groups in total. The topological polar surface area (TPSA) is 29.1 Å². The highest BCUT2D eigenvalue weighted by atomic mass is 32.1. The minimum atomic E-state index is -0.126. The Morgan fingerprint density at radius 3 is 2.75 bits per heavy atom. The summed E-state index contributed by atoms with van der Waals surface area (Å²) >= 11 is 1.66. The Hall–Kier alpha value is -2.31. The summed E-state index contributed by atoms with van der Waals surface area (Å²) in [5.74, 6) is 5.79. The molecule has 100 valence electrons. The maximum Gasteiger partial charge on any atom is 0.244 e. The lowest BCUT2D eigenvalue weighted by Gasteiger charge is -1.94. The van der Waals surface area contributed by atoms with Crippen molar-refractivity contribution in [3.05, 3.63) is 63.9 Å². The van der Waals surface area contributed by atoms with Crippen LogP contribution in [0.15, 0.2) is 48.5 Å². The lowest BCUT2D eigenvalue weighted by atomic mass is 10.2. The molecule has 20 heavy (non-hydrogen) atoms. The number of carbonyl (C=O) groups is 1. The van der Waals surface area contributed by atoms with Crippen LogP contribution in [0.25, 0.3) is 6.08 Å². The van der Waals surface area contributed by atoms with Crippen molar-refractivity contribution in [2.75, 3.05) is 6.54 Å². The van der Waals surface area contributed by atoms with E-state index in [1.807, 2.05) is 55.5 Å². The molecule has 0 aliphatic carbocycles. The van der Waals surface area contributed by atoms with E-state index in [0.29, 0.717) is 6.54 Å². The molecule has 0 spiro atoms. The third-order valence-electron chi connectivity index (χ3n) is 2.52. The van der Waals surface area contributed by atoms with Gasteiger partial charge in [0.15, 0.2) is 0 Å². The van der Waals surface area contributed by atoms with Gasteiger partial charge in [-0.3, -0.25) is 4.79 Å². The highest BCUT2D eigenvalue weighted by molar-refractivity contribution is 7.12. The van der Waals surface area contributed by atoms with Crippen LogP contribution < -0.4 is 5.32 Å². The normalized spacial score (nSPS) is 10.1. The molecule has 0 atom stereocenters. The predicted molar refractivity (Wildman–Crippen MR) is 84.4 cm³/mol. The van der Waals surface area contributed by atoms with E-state index >= 15 is 0 Å². The van der Waals surface area contributed by atoms with E-state index in [2.05, 4.69) is 17.2 Å².